The number of halogens is 1. The molecule has 0 saturated carbocycles. The third kappa shape index (κ3) is 4.39. The molecular weight excluding hydrogens is 444 g/mol. The van der Waals surface area contributed by atoms with E-state index in [1.165, 1.54) is 11.3 Å². The van der Waals surface area contributed by atoms with Crippen LogP contribution in [-0.2, 0) is 17.7 Å². The van der Waals surface area contributed by atoms with Crippen molar-refractivity contribution in [2.24, 2.45) is 4.99 Å². The van der Waals surface area contributed by atoms with E-state index >= 15 is 0 Å². The third-order valence-corrected chi connectivity index (χ3v) is 5.98. The summed E-state index contributed by atoms with van der Waals surface area (Å²) < 4.78 is 11.5. The van der Waals surface area contributed by atoms with Gasteiger partial charge in [0.05, 0.1) is 18.8 Å². The van der Waals surface area contributed by atoms with Crippen molar-refractivity contribution in [2.75, 3.05) is 26.8 Å². The summed E-state index contributed by atoms with van der Waals surface area (Å²) in [6, 6.07) is 3.46. The van der Waals surface area contributed by atoms with Gasteiger partial charge < -0.3 is 19.5 Å². The Balaban J connectivity index is 2.01. The summed E-state index contributed by atoms with van der Waals surface area (Å²) in [4.78, 5) is 20.5. The number of esters is 1. The van der Waals surface area contributed by atoms with E-state index in [-0.39, 0.29) is 11.7 Å². The molecule has 2 heterocycles. The van der Waals surface area contributed by atoms with Crippen LogP contribution < -0.4 is 4.74 Å². The third-order valence-electron chi connectivity index (χ3n) is 4.40. The minimum absolute atomic E-state index is 0.0209. The van der Waals surface area contributed by atoms with Crippen molar-refractivity contribution in [3.05, 3.63) is 38.2 Å². The topological polar surface area (TPSA) is 71.4 Å². The first-order valence-electron chi connectivity index (χ1n) is 9.14. The van der Waals surface area contributed by atoms with Crippen LogP contribution >= 0.6 is 27.3 Å². The number of aromatic hydroxyl groups is 1. The molecule has 6 nitrogen and oxygen atoms in total. The number of rotatable bonds is 6. The van der Waals surface area contributed by atoms with Crippen LogP contribution in [-0.4, -0.2) is 49.0 Å². The number of aliphatic imine (C=N–C) groups is 1. The lowest BCUT2D eigenvalue weighted by molar-refractivity contribution is 0.0526. The van der Waals surface area contributed by atoms with E-state index in [1.54, 1.807) is 25.3 Å². The molecule has 1 aliphatic heterocycles. The number of carbonyl (C=O) groups is 1. The summed E-state index contributed by atoms with van der Waals surface area (Å²) >= 11 is 4.92. The first-order chi connectivity index (χ1) is 13.4. The lowest BCUT2D eigenvalue weighted by Crippen LogP contribution is -2.26. The van der Waals surface area contributed by atoms with Gasteiger partial charge in [-0.05, 0) is 45.0 Å². The highest BCUT2D eigenvalue weighted by Gasteiger charge is 2.27. The zero-order valence-electron chi connectivity index (χ0n) is 16.1. The Labute approximate surface area is 176 Å². The van der Waals surface area contributed by atoms with Crippen molar-refractivity contribution >= 4 is 44.5 Å². The first kappa shape index (κ1) is 20.8. The molecule has 8 heteroatoms. The van der Waals surface area contributed by atoms with E-state index in [1.807, 2.05) is 6.92 Å². The number of hydrogen-bond acceptors (Lipinski definition) is 7. The number of benzene rings is 1. The second kappa shape index (κ2) is 9.07. The Kier molecular flexibility index (Phi) is 6.74. The van der Waals surface area contributed by atoms with Crippen molar-refractivity contribution in [1.82, 2.24) is 4.90 Å². The average Bonchev–Trinajstić information content (AvgIpc) is 3.01. The second-order valence-electron chi connectivity index (χ2n) is 6.43. The fraction of sp³-hybridized carbons (Fsp3) is 0.400. The molecule has 0 bridgehead atoms. The summed E-state index contributed by atoms with van der Waals surface area (Å²) in [5.74, 6) is 0.0637. The zero-order valence-corrected chi connectivity index (χ0v) is 18.5. The van der Waals surface area contributed by atoms with E-state index < -0.39 is 0 Å². The Morgan fingerprint density at radius 2 is 2.18 bits per heavy atom. The summed E-state index contributed by atoms with van der Waals surface area (Å²) in [6.45, 7) is 6.09. The maximum atomic E-state index is 12.6. The number of ether oxygens (including phenoxy) is 2. The monoisotopic (exact) mass is 466 g/mol. The van der Waals surface area contributed by atoms with Gasteiger partial charge in [0.2, 0.25) is 0 Å². The standard InChI is InChI=1S/C20H23BrN2O4S/c1-4-26-15-9-13(21)8-12(18(15)24)10-22-19-17(20(25)27-5-2)14-6-7-23(3)11-16(14)28-19/h8-10,24H,4-7,11H2,1-3H3. The van der Waals surface area contributed by atoms with E-state index in [9.17, 15) is 9.90 Å². The maximum absolute atomic E-state index is 12.6. The predicted molar refractivity (Wildman–Crippen MR) is 115 cm³/mol. The van der Waals surface area contributed by atoms with Crippen molar-refractivity contribution in [1.29, 1.82) is 0 Å². The number of hydrogen-bond donors (Lipinski definition) is 1. The number of thiophene rings is 1. The van der Waals surface area contributed by atoms with Crippen LogP contribution in [0.5, 0.6) is 11.5 Å². The zero-order chi connectivity index (χ0) is 20.3. The van der Waals surface area contributed by atoms with Gasteiger partial charge in [0.1, 0.15) is 5.00 Å². The van der Waals surface area contributed by atoms with E-state index in [0.717, 1.165) is 34.4 Å². The maximum Gasteiger partial charge on any atom is 0.341 e. The number of likely N-dealkylation sites (N-methyl/N-ethyl adjacent to an activating group) is 1. The first-order valence-corrected chi connectivity index (χ1v) is 10.7. The molecule has 1 aromatic carbocycles. The minimum Gasteiger partial charge on any atom is -0.504 e. The molecule has 1 N–H and O–H groups in total. The van der Waals surface area contributed by atoms with Crippen LogP contribution in [0.15, 0.2) is 21.6 Å². The van der Waals surface area contributed by atoms with Gasteiger partial charge in [-0.25, -0.2) is 9.79 Å². The van der Waals surface area contributed by atoms with Gasteiger partial charge in [-0.1, -0.05) is 15.9 Å². The molecule has 0 aliphatic carbocycles. The lowest BCUT2D eigenvalue weighted by Gasteiger charge is -2.22. The number of phenols is 1. The Morgan fingerprint density at radius 3 is 2.89 bits per heavy atom. The van der Waals surface area contributed by atoms with Crippen LogP contribution in [0.2, 0.25) is 0 Å². The molecular formula is C20H23BrN2O4S. The van der Waals surface area contributed by atoms with E-state index in [0.29, 0.717) is 35.1 Å². The summed E-state index contributed by atoms with van der Waals surface area (Å²) in [5, 5.41) is 11.1. The smallest absolute Gasteiger partial charge is 0.341 e. The molecule has 28 heavy (non-hydrogen) atoms. The van der Waals surface area contributed by atoms with Gasteiger partial charge in [-0.2, -0.15) is 0 Å². The predicted octanol–water partition coefficient (Wildman–Crippen LogP) is 4.53. The van der Waals surface area contributed by atoms with Crippen molar-refractivity contribution in [3.8, 4) is 11.5 Å². The largest absolute Gasteiger partial charge is 0.504 e. The quantitative estimate of drug-likeness (QED) is 0.500. The summed E-state index contributed by atoms with van der Waals surface area (Å²) in [7, 11) is 2.06. The van der Waals surface area contributed by atoms with Crippen LogP contribution in [0.4, 0.5) is 5.00 Å². The van der Waals surface area contributed by atoms with Crippen molar-refractivity contribution < 1.29 is 19.4 Å². The molecule has 0 atom stereocenters. The highest BCUT2D eigenvalue weighted by molar-refractivity contribution is 9.10. The molecule has 0 amide bonds. The highest BCUT2D eigenvalue weighted by Crippen LogP contribution is 2.40. The fourth-order valence-electron chi connectivity index (χ4n) is 3.11. The average molecular weight is 467 g/mol. The molecule has 3 rings (SSSR count). The van der Waals surface area contributed by atoms with Crippen molar-refractivity contribution in [3.63, 3.8) is 0 Å². The summed E-state index contributed by atoms with van der Waals surface area (Å²) in [5.41, 5.74) is 2.09. The second-order valence-corrected chi connectivity index (χ2v) is 8.42. The SMILES string of the molecule is CCOC(=O)c1c(N=Cc2cc(Br)cc(OCC)c2O)sc2c1CCN(C)C2. The Morgan fingerprint density at radius 1 is 1.39 bits per heavy atom. The van der Waals surface area contributed by atoms with Crippen molar-refractivity contribution in [2.45, 2.75) is 26.8 Å². The van der Waals surface area contributed by atoms with Gasteiger partial charge in [-0.3, -0.25) is 0 Å². The van der Waals surface area contributed by atoms with E-state index in [4.69, 9.17) is 9.47 Å². The number of carbonyl (C=O) groups excluding carboxylic acids is 1. The number of fused-ring (bicyclic) bond motifs is 1. The molecule has 2 aromatic rings. The Bertz CT molecular complexity index is 910. The number of phenolic OH excluding ortho intramolecular Hbond substituents is 1. The van der Waals surface area contributed by atoms with Crippen LogP contribution in [0.25, 0.3) is 0 Å². The molecule has 0 spiro atoms. The van der Waals surface area contributed by atoms with Gasteiger partial charge in [0, 0.05) is 34.2 Å². The van der Waals surface area contributed by atoms with Gasteiger partial charge >= 0.3 is 5.97 Å². The lowest BCUT2D eigenvalue weighted by atomic mass is 10.0. The van der Waals surface area contributed by atoms with Crippen LogP contribution in [0.1, 0.15) is 40.2 Å². The molecule has 150 valence electrons. The molecule has 0 radical (unpaired) electrons. The fourth-order valence-corrected chi connectivity index (χ4v) is 4.82. The van der Waals surface area contributed by atoms with Gasteiger partial charge in [0.25, 0.3) is 0 Å². The molecule has 0 unspecified atom stereocenters. The van der Waals surface area contributed by atoms with Crippen LogP contribution in [0, 0.1) is 0 Å². The Hall–Kier alpha value is -1.90. The molecule has 0 saturated heterocycles. The summed E-state index contributed by atoms with van der Waals surface area (Å²) in [6.07, 6.45) is 2.36. The normalized spacial score (nSPS) is 14.3. The number of nitrogens with zero attached hydrogens (tertiary/aromatic N) is 2. The highest BCUT2D eigenvalue weighted by atomic mass is 79.9. The minimum atomic E-state index is -0.342. The van der Waals surface area contributed by atoms with E-state index in [2.05, 4.69) is 32.9 Å². The van der Waals surface area contributed by atoms with Gasteiger partial charge in [-0.15, -0.1) is 11.3 Å². The molecule has 1 aromatic heterocycles. The molecule has 1 aliphatic rings. The van der Waals surface area contributed by atoms with Crippen LogP contribution in [0.3, 0.4) is 0 Å². The molecule has 0 fully saturated rings. The van der Waals surface area contributed by atoms with Gasteiger partial charge in [0.15, 0.2) is 11.5 Å².